The first kappa shape index (κ1) is 18.4. The molecule has 0 bridgehead atoms. The highest BCUT2D eigenvalue weighted by Gasteiger charge is 2.09. The largest absolute Gasteiger partial charge is 0.490 e. The number of carbonyl (C=O) groups is 2. The van der Waals surface area contributed by atoms with E-state index in [1.54, 1.807) is 54.6 Å². The molecule has 0 aliphatic rings. The van der Waals surface area contributed by atoms with Gasteiger partial charge in [-0.25, -0.2) is 0 Å². The molecule has 130 valence electrons. The number of benzene rings is 2. The summed E-state index contributed by atoms with van der Waals surface area (Å²) in [7, 11) is 0. The molecule has 6 nitrogen and oxygen atoms in total. The molecule has 25 heavy (non-hydrogen) atoms. The molecule has 2 N–H and O–H groups in total. The SMILES string of the molecule is C=CCOc1ccc(C(=O)NNC(=O)COc2ccccc2Cl)cc1. The number of carbonyl (C=O) groups excluding carboxylic acids is 2. The highest BCUT2D eigenvalue weighted by Crippen LogP contribution is 2.22. The van der Waals surface area contributed by atoms with Gasteiger partial charge in [0.2, 0.25) is 0 Å². The van der Waals surface area contributed by atoms with Crippen molar-refractivity contribution in [3.8, 4) is 11.5 Å². The van der Waals surface area contributed by atoms with E-state index in [-0.39, 0.29) is 6.61 Å². The van der Waals surface area contributed by atoms with Crippen molar-refractivity contribution >= 4 is 23.4 Å². The maximum atomic E-state index is 12.0. The Labute approximate surface area is 150 Å². The number of amides is 2. The summed E-state index contributed by atoms with van der Waals surface area (Å²) < 4.78 is 10.6. The zero-order valence-electron chi connectivity index (χ0n) is 13.3. The van der Waals surface area contributed by atoms with Gasteiger partial charge in [-0.1, -0.05) is 36.4 Å². The normalized spacial score (nSPS) is 9.80. The lowest BCUT2D eigenvalue weighted by Crippen LogP contribution is -2.43. The Hall–Kier alpha value is -2.99. The Balaban J connectivity index is 1.78. The third kappa shape index (κ3) is 5.86. The standard InChI is InChI=1S/C18H17ClN2O4/c1-2-11-24-14-9-7-13(8-10-14)18(23)21-20-17(22)12-25-16-6-4-3-5-15(16)19/h2-10H,1,11-12H2,(H,20,22)(H,21,23). The van der Waals surface area contributed by atoms with Crippen molar-refractivity contribution < 1.29 is 19.1 Å². The van der Waals surface area contributed by atoms with Crippen LogP contribution in [-0.2, 0) is 4.79 Å². The summed E-state index contributed by atoms with van der Waals surface area (Å²) in [5.41, 5.74) is 4.95. The minimum Gasteiger partial charge on any atom is -0.490 e. The average molecular weight is 361 g/mol. The van der Waals surface area contributed by atoms with E-state index < -0.39 is 11.8 Å². The Bertz CT molecular complexity index is 747. The van der Waals surface area contributed by atoms with Crippen LogP contribution >= 0.6 is 11.6 Å². The minimum absolute atomic E-state index is 0.279. The van der Waals surface area contributed by atoms with E-state index in [0.29, 0.717) is 28.7 Å². The van der Waals surface area contributed by atoms with E-state index in [1.807, 2.05) is 0 Å². The van der Waals surface area contributed by atoms with Gasteiger partial charge in [0.25, 0.3) is 11.8 Å². The number of hydrazine groups is 1. The molecule has 0 radical (unpaired) electrons. The third-order valence-electron chi connectivity index (χ3n) is 3.00. The van der Waals surface area contributed by atoms with Gasteiger partial charge < -0.3 is 9.47 Å². The summed E-state index contributed by atoms with van der Waals surface area (Å²) in [5, 5.41) is 0.401. The maximum Gasteiger partial charge on any atom is 0.276 e. The number of halogens is 1. The predicted molar refractivity (Wildman–Crippen MR) is 94.7 cm³/mol. The fraction of sp³-hybridized carbons (Fsp3) is 0.111. The quantitative estimate of drug-likeness (QED) is 0.588. The van der Waals surface area contributed by atoms with Gasteiger partial charge in [-0.15, -0.1) is 0 Å². The van der Waals surface area contributed by atoms with Crippen LogP contribution in [0, 0.1) is 0 Å². The molecule has 0 fully saturated rings. The molecule has 2 amide bonds. The van der Waals surface area contributed by atoms with Crippen LogP contribution in [0.4, 0.5) is 0 Å². The summed E-state index contributed by atoms with van der Waals surface area (Å²) in [5.74, 6) is 0.0370. The Kier molecular flexibility index (Phi) is 6.86. The van der Waals surface area contributed by atoms with E-state index in [2.05, 4.69) is 17.4 Å². The Morgan fingerprint density at radius 1 is 1.04 bits per heavy atom. The summed E-state index contributed by atoms with van der Waals surface area (Å²) in [6.45, 7) is 3.66. The summed E-state index contributed by atoms with van der Waals surface area (Å²) in [4.78, 5) is 23.7. The molecule has 2 aromatic carbocycles. The van der Waals surface area contributed by atoms with Gasteiger partial charge in [0.05, 0.1) is 5.02 Å². The van der Waals surface area contributed by atoms with Gasteiger partial charge in [-0.3, -0.25) is 20.4 Å². The van der Waals surface area contributed by atoms with E-state index in [9.17, 15) is 9.59 Å². The summed E-state index contributed by atoms with van der Waals surface area (Å²) in [6, 6.07) is 13.3. The van der Waals surface area contributed by atoms with E-state index in [4.69, 9.17) is 21.1 Å². The summed E-state index contributed by atoms with van der Waals surface area (Å²) in [6.07, 6.45) is 1.63. The average Bonchev–Trinajstić information content (AvgIpc) is 2.64. The Morgan fingerprint density at radius 3 is 2.44 bits per heavy atom. The van der Waals surface area contributed by atoms with E-state index in [1.165, 1.54) is 0 Å². The second-order valence-electron chi connectivity index (χ2n) is 4.85. The predicted octanol–water partition coefficient (Wildman–Crippen LogP) is 2.74. The van der Waals surface area contributed by atoms with Crippen LogP contribution in [0.15, 0.2) is 61.2 Å². The molecule has 0 heterocycles. The molecule has 2 rings (SSSR count). The second-order valence-corrected chi connectivity index (χ2v) is 5.25. The molecule has 2 aromatic rings. The first-order chi connectivity index (χ1) is 12.1. The highest BCUT2D eigenvalue weighted by atomic mass is 35.5. The zero-order valence-corrected chi connectivity index (χ0v) is 14.1. The van der Waals surface area contributed by atoms with Crippen molar-refractivity contribution in [1.82, 2.24) is 10.9 Å². The molecule has 0 saturated heterocycles. The van der Waals surface area contributed by atoms with Gasteiger partial charge in [0.15, 0.2) is 6.61 Å². The van der Waals surface area contributed by atoms with Crippen molar-refractivity contribution in [2.45, 2.75) is 0 Å². The van der Waals surface area contributed by atoms with E-state index in [0.717, 1.165) is 0 Å². The number of nitrogens with one attached hydrogen (secondary N) is 2. The van der Waals surface area contributed by atoms with Crippen LogP contribution in [-0.4, -0.2) is 25.0 Å². The zero-order chi connectivity index (χ0) is 18.1. The van der Waals surface area contributed by atoms with Crippen molar-refractivity contribution in [2.75, 3.05) is 13.2 Å². The number of hydrogen-bond donors (Lipinski definition) is 2. The number of hydrogen-bond acceptors (Lipinski definition) is 4. The molecule has 0 saturated carbocycles. The van der Waals surface area contributed by atoms with Crippen LogP contribution in [0.3, 0.4) is 0 Å². The topological polar surface area (TPSA) is 76.7 Å². The lowest BCUT2D eigenvalue weighted by atomic mass is 10.2. The molecule has 0 aromatic heterocycles. The van der Waals surface area contributed by atoms with E-state index >= 15 is 0 Å². The minimum atomic E-state index is -0.515. The molecule has 0 unspecified atom stereocenters. The molecule has 0 aliphatic heterocycles. The van der Waals surface area contributed by atoms with Gasteiger partial charge in [0.1, 0.15) is 18.1 Å². The molecular formula is C18H17ClN2O4. The van der Waals surface area contributed by atoms with Gasteiger partial charge >= 0.3 is 0 Å². The van der Waals surface area contributed by atoms with Crippen LogP contribution < -0.4 is 20.3 Å². The van der Waals surface area contributed by atoms with Crippen LogP contribution in [0.5, 0.6) is 11.5 Å². The van der Waals surface area contributed by atoms with Gasteiger partial charge in [-0.05, 0) is 36.4 Å². The van der Waals surface area contributed by atoms with Crippen LogP contribution in [0.1, 0.15) is 10.4 Å². The number of rotatable bonds is 7. The lowest BCUT2D eigenvalue weighted by Gasteiger charge is -2.10. The van der Waals surface area contributed by atoms with Gasteiger partial charge in [0, 0.05) is 5.56 Å². The van der Waals surface area contributed by atoms with Gasteiger partial charge in [-0.2, -0.15) is 0 Å². The first-order valence-corrected chi connectivity index (χ1v) is 7.78. The number of ether oxygens (including phenoxy) is 2. The number of para-hydroxylation sites is 1. The van der Waals surface area contributed by atoms with Crippen LogP contribution in [0.25, 0.3) is 0 Å². The van der Waals surface area contributed by atoms with Crippen molar-refractivity contribution in [1.29, 1.82) is 0 Å². The fourth-order valence-electron chi connectivity index (χ4n) is 1.80. The smallest absolute Gasteiger partial charge is 0.276 e. The maximum absolute atomic E-state index is 12.0. The summed E-state index contributed by atoms with van der Waals surface area (Å²) >= 11 is 5.92. The third-order valence-corrected chi connectivity index (χ3v) is 3.31. The van der Waals surface area contributed by atoms with Crippen LogP contribution in [0.2, 0.25) is 5.02 Å². The Morgan fingerprint density at radius 2 is 1.76 bits per heavy atom. The fourth-order valence-corrected chi connectivity index (χ4v) is 1.99. The van der Waals surface area contributed by atoms with Crippen molar-refractivity contribution in [3.05, 3.63) is 71.8 Å². The van der Waals surface area contributed by atoms with Crippen molar-refractivity contribution in [3.63, 3.8) is 0 Å². The molecule has 0 spiro atoms. The lowest BCUT2D eigenvalue weighted by molar-refractivity contribution is -0.123. The van der Waals surface area contributed by atoms with Crippen molar-refractivity contribution in [2.24, 2.45) is 0 Å². The monoisotopic (exact) mass is 360 g/mol. The molecular weight excluding hydrogens is 344 g/mol. The first-order valence-electron chi connectivity index (χ1n) is 7.40. The highest BCUT2D eigenvalue weighted by molar-refractivity contribution is 6.32. The molecule has 7 heteroatoms. The molecule has 0 atom stereocenters. The second kappa shape index (κ2) is 9.34. The molecule has 0 aliphatic carbocycles.